The first-order valence-electron chi connectivity index (χ1n) is 11.6. The number of aromatic hydroxyl groups is 1. The Kier molecular flexibility index (Phi) is 4.94. The van der Waals surface area contributed by atoms with Gasteiger partial charge in [0.05, 0.1) is 6.10 Å². The van der Waals surface area contributed by atoms with Gasteiger partial charge in [0.2, 0.25) is 0 Å². The van der Waals surface area contributed by atoms with E-state index in [0.717, 1.165) is 19.3 Å². The Morgan fingerprint density at radius 2 is 1.83 bits per heavy atom. The van der Waals surface area contributed by atoms with Crippen molar-refractivity contribution in [2.75, 3.05) is 0 Å². The second-order valence-electron chi connectivity index (χ2n) is 10.1. The summed E-state index contributed by atoms with van der Waals surface area (Å²) in [6, 6.07) is 16.9. The van der Waals surface area contributed by atoms with Crippen molar-refractivity contribution in [1.29, 1.82) is 0 Å². The summed E-state index contributed by atoms with van der Waals surface area (Å²) in [4.78, 5) is 0. The Labute approximate surface area is 175 Å². The summed E-state index contributed by atoms with van der Waals surface area (Å²) in [5.41, 5.74) is 4.43. The van der Waals surface area contributed by atoms with Gasteiger partial charge >= 0.3 is 0 Å². The maximum atomic E-state index is 10.7. The first kappa shape index (κ1) is 19.2. The van der Waals surface area contributed by atoms with E-state index in [1.165, 1.54) is 48.8 Å². The monoisotopic (exact) mass is 390 g/mol. The van der Waals surface area contributed by atoms with Gasteiger partial charge in [-0.3, -0.25) is 0 Å². The van der Waals surface area contributed by atoms with Gasteiger partial charge in [0.1, 0.15) is 5.75 Å². The first-order valence-corrected chi connectivity index (χ1v) is 11.6. The SMILES string of the molecule is C[C@]12CC[C@@H]3c4ccc(O)cc4[C@H](CCCc4ccccc4)C[C@H]3[C@@H]1CC[C@@H]2O. The highest BCUT2D eigenvalue weighted by Gasteiger charge is 2.55. The van der Waals surface area contributed by atoms with Crippen LogP contribution in [-0.4, -0.2) is 16.3 Å². The number of aryl methyl sites for hydroxylation is 1. The lowest BCUT2D eigenvalue weighted by atomic mass is 9.53. The van der Waals surface area contributed by atoms with Crippen LogP contribution in [0.1, 0.15) is 80.4 Å². The highest BCUT2D eigenvalue weighted by Crippen LogP contribution is 2.62. The highest BCUT2D eigenvalue weighted by molar-refractivity contribution is 5.42. The summed E-state index contributed by atoms with van der Waals surface area (Å²) < 4.78 is 0. The lowest BCUT2D eigenvalue weighted by Crippen LogP contribution is -2.44. The number of benzene rings is 2. The summed E-state index contributed by atoms with van der Waals surface area (Å²) in [7, 11) is 0. The molecular formula is C27H34O2. The molecule has 2 nitrogen and oxygen atoms in total. The Morgan fingerprint density at radius 1 is 1.00 bits per heavy atom. The molecule has 5 rings (SSSR count). The second-order valence-corrected chi connectivity index (χ2v) is 10.1. The number of fused-ring (bicyclic) bond motifs is 5. The average molecular weight is 391 g/mol. The van der Waals surface area contributed by atoms with E-state index >= 15 is 0 Å². The lowest BCUT2D eigenvalue weighted by Gasteiger charge is -2.51. The van der Waals surface area contributed by atoms with Crippen LogP contribution >= 0.6 is 0 Å². The molecule has 2 fully saturated rings. The van der Waals surface area contributed by atoms with E-state index in [0.29, 0.717) is 29.4 Å². The molecule has 29 heavy (non-hydrogen) atoms. The van der Waals surface area contributed by atoms with Crippen LogP contribution in [0.5, 0.6) is 5.75 Å². The molecule has 2 N–H and O–H groups in total. The lowest BCUT2D eigenvalue weighted by molar-refractivity contribution is -0.0252. The molecule has 3 aliphatic rings. The van der Waals surface area contributed by atoms with Gasteiger partial charge in [0.15, 0.2) is 0 Å². The van der Waals surface area contributed by atoms with E-state index in [1.54, 1.807) is 0 Å². The fraction of sp³-hybridized carbons (Fsp3) is 0.556. The Balaban J connectivity index is 1.40. The maximum absolute atomic E-state index is 10.7. The largest absolute Gasteiger partial charge is 0.508 e. The van der Waals surface area contributed by atoms with Crippen molar-refractivity contribution in [3.8, 4) is 5.75 Å². The van der Waals surface area contributed by atoms with Crippen molar-refractivity contribution in [2.24, 2.45) is 17.3 Å². The van der Waals surface area contributed by atoms with Crippen LogP contribution in [0, 0.1) is 17.3 Å². The molecule has 2 aromatic carbocycles. The molecule has 3 aliphatic carbocycles. The second kappa shape index (κ2) is 7.47. The number of aliphatic hydroxyl groups is 1. The molecule has 0 heterocycles. The molecule has 154 valence electrons. The number of aliphatic hydroxyl groups excluding tert-OH is 1. The number of phenolic OH excluding ortho intramolecular Hbond substituents is 1. The zero-order valence-electron chi connectivity index (χ0n) is 17.6. The molecule has 0 saturated heterocycles. The minimum absolute atomic E-state index is 0.115. The standard InChI is InChI=1S/C27H34O2/c1-27-15-14-22-21-11-10-20(28)17-23(21)19(9-5-8-18-6-3-2-4-7-18)16-24(22)25(27)12-13-26(27)29/h2-4,6-7,10-11,17,19,22,24-26,28-29H,5,8-9,12-16H2,1H3/t19-,22-,24-,25+,26+,27+/m1/s1. The third kappa shape index (κ3) is 3.30. The predicted octanol–water partition coefficient (Wildman–Crippen LogP) is 6.17. The van der Waals surface area contributed by atoms with E-state index < -0.39 is 0 Å². The van der Waals surface area contributed by atoms with Gasteiger partial charge in [0.25, 0.3) is 0 Å². The third-order valence-electron chi connectivity index (χ3n) is 8.71. The van der Waals surface area contributed by atoms with Gasteiger partial charge in [-0.2, -0.15) is 0 Å². The van der Waals surface area contributed by atoms with Crippen LogP contribution in [-0.2, 0) is 6.42 Å². The van der Waals surface area contributed by atoms with Crippen molar-refractivity contribution < 1.29 is 10.2 Å². The van der Waals surface area contributed by atoms with E-state index in [4.69, 9.17) is 0 Å². The van der Waals surface area contributed by atoms with Crippen molar-refractivity contribution in [3.63, 3.8) is 0 Å². The zero-order chi connectivity index (χ0) is 20.0. The molecule has 0 unspecified atom stereocenters. The third-order valence-corrected chi connectivity index (χ3v) is 8.71. The van der Waals surface area contributed by atoms with Crippen LogP contribution in [0.25, 0.3) is 0 Å². The Hall–Kier alpha value is -1.80. The van der Waals surface area contributed by atoms with Gasteiger partial charge in [-0.25, -0.2) is 0 Å². The van der Waals surface area contributed by atoms with E-state index in [1.807, 2.05) is 6.07 Å². The van der Waals surface area contributed by atoms with Crippen LogP contribution in [0.15, 0.2) is 48.5 Å². The fourth-order valence-electron chi connectivity index (χ4n) is 7.15. The van der Waals surface area contributed by atoms with Crippen LogP contribution in [0.2, 0.25) is 0 Å². The first-order chi connectivity index (χ1) is 14.1. The summed E-state index contributed by atoms with van der Waals surface area (Å²) in [5, 5.41) is 20.9. The number of hydrogen-bond donors (Lipinski definition) is 2. The van der Waals surface area contributed by atoms with Crippen molar-refractivity contribution in [1.82, 2.24) is 0 Å². The molecule has 2 heteroatoms. The average Bonchev–Trinajstić information content (AvgIpc) is 3.04. The quantitative estimate of drug-likeness (QED) is 0.655. The van der Waals surface area contributed by atoms with Crippen LogP contribution in [0.4, 0.5) is 0 Å². The highest BCUT2D eigenvalue weighted by atomic mass is 16.3. The van der Waals surface area contributed by atoms with Gasteiger partial charge < -0.3 is 10.2 Å². The molecular weight excluding hydrogens is 356 g/mol. The van der Waals surface area contributed by atoms with Gasteiger partial charge in [0, 0.05) is 0 Å². The topological polar surface area (TPSA) is 40.5 Å². The minimum Gasteiger partial charge on any atom is -0.508 e. The molecule has 6 atom stereocenters. The van der Waals surface area contributed by atoms with E-state index in [9.17, 15) is 10.2 Å². The van der Waals surface area contributed by atoms with Crippen LogP contribution < -0.4 is 0 Å². The number of hydrogen-bond acceptors (Lipinski definition) is 2. The zero-order valence-corrected chi connectivity index (χ0v) is 17.6. The number of rotatable bonds is 4. The van der Waals surface area contributed by atoms with Crippen LogP contribution in [0.3, 0.4) is 0 Å². The Morgan fingerprint density at radius 3 is 2.66 bits per heavy atom. The molecule has 2 aromatic rings. The molecule has 0 aliphatic heterocycles. The summed E-state index contributed by atoms with van der Waals surface area (Å²) in [5.74, 6) is 2.88. The van der Waals surface area contributed by atoms with Crippen molar-refractivity contribution in [2.45, 2.75) is 76.2 Å². The minimum atomic E-state index is -0.119. The van der Waals surface area contributed by atoms with Gasteiger partial charge in [-0.05, 0) is 109 Å². The van der Waals surface area contributed by atoms with Crippen molar-refractivity contribution in [3.05, 3.63) is 65.2 Å². The molecule has 0 radical (unpaired) electrons. The summed E-state index contributed by atoms with van der Waals surface area (Å²) in [6.45, 7) is 2.35. The normalized spacial score (nSPS) is 35.6. The van der Waals surface area contributed by atoms with E-state index in [-0.39, 0.29) is 11.5 Å². The smallest absolute Gasteiger partial charge is 0.115 e. The summed E-state index contributed by atoms with van der Waals surface area (Å²) in [6.07, 6.45) is 9.08. The Bertz CT molecular complexity index is 860. The maximum Gasteiger partial charge on any atom is 0.115 e. The van der Waals surface area contributed by atoms with Gasteiger partial charge in [-0.15, -0.1) is 0 Å². The molecule has 0 amide bonds. The fourth-order valence-corrected chi connectivity index (χ4v) is 7.15. The molecule has 2 saturated carbocycles. The van der Waals surface area contributed by atoms with E-state index in [2.05, 4.69) is 49.4 Å². The molecule has 0 bridgehead atoms. The molecule has 0 spiro atoms. The summed E-state index contributed by atoms with van der Waals surface area (Å²) >= 11 is 0. The number of phenols is 1. The van der Waals surface area contributed by atoms with Crippen molar-refractivity contribution >= 4 is 0 Å². The van der Waals surface area contributed by atoms with Gasteiger partial charge in [-0.1, -0.05) is 43.3 Å². The molecule has 0 aromatic heterocycles. The predicted molar refractivity (Wildman–Crippen MR) is 117 cm³/mol.